The normalized spacial score (nSPS) is 19.8. The molecule has 4 N–H and O–H groups in total. The van der Waals surface area contributed by atoms with Gasteiger partial charge in [-0.25, -0.2) is 9.78 Å². The number of carbonyl (C=O) groups is 1. The van der Waals surface area contributed by atoms with Crippen LogP contribution in [-0.4, -0.2) is 55.9 Å². The van der Waals surface area contributed by atoms with Crippen LogP contribution in [0.3, 0.4) is 0 Å². The number of nitrogens with two attached hydrogens (primary N) is 1. The molecule has 2 aromatic heterocycles. The summed E-state index contributed by atoms with van der Waals surface area (Å²) >= 11 is 0. The van der Waals surface area contributed by atoms with Crippen molar-refractivity contribution in [3.8, 4) is 11.3 Å². The van der Waals surface area contributed by atoms with E-state index in [4.69, 9.17) is 10.5 Å². The molecule has 2 fully saturated rings. The Morgan fingerprint density at radius 3 is 2.72 bits per heavy atom. The predicted molar refractivity (Wildman–Crippen MR) is 123 cm³/mol. The minimum absolute atomic E-state index is 0.195. The molecule has 1 atom stereocenters. The van der Waals surface area contributed by atoms with Crippen LogP contribution in [-0.2, 0) is 4.74 Å². The minimum atomic E-state index is -0.471. The van der Waals surface area contributed by atoms with Gasteiger partial charge >= 0.3 is 6.09 Å². The van der Waals surface area contributed by atoms with E-state index in [1.165, 1.54) is 0 Å². The summed E-state index contributed by atoms with van der Waals surface area (Å²) in [4.78, 5) is 23.1. The molecule has 0 unspecified atom stereocenters. The molecule has 5 rings (SSSR count). The summed E-state index contributed by atoms with van der Waals surface area (Å²) in [5.41, 5.74) is 8.46. The number of amides is 1. The second-order valence-electron chi connectivity index (χ2n) is 9.86. The van der Waals surface area contributed by atoms with Crippen LogP contribution in [0, 0.1) is 5.41 Å². The van der Waals surface area contributed by atoms with Crippen LogP contribution in [0.15, 0.2) is 30.5 Å². The zero-order valence-electron chi connectivity index (χ0n) is 18.7. The second kappa shape index (κ2) is 7.36. The van der Waals surface area contributed by atoms with Crippen LogP contribution < -0.4 is 11.1 Å². The standard InChI is InChI=1S/C23H29N7O2/c1-22(2,3)32-21(31)30-10-7-23(8-11-30)13-18(23)27-19-15-5-4-14(16-6-9-25-29-16)12-17(15)26-20(24)28-19/h4-6,9,12,18H,7-8,10-11,13H2,1-3H3,(H,25,29)(H3,24,26,27,28)/t18-/m1/s1. The number of hydrogen-bond donors (Lipinski definition) is 3. The topological polar surface area (TPSA) is 122 Å². The van der Waals surface area contributed by atoms with Gasteiger partial charge in [-0.2, -0.15) is 10.1 Å². The molecule has 9 heteroatoms. The van der Waals surface area contributed by atoms with Crippen LogP contribution in [0.2, 0.25) is 0 Å². The van der Waals surface area contributed by atoms with Crippen molar-refractivity contribution in [1.29, 1.82) is 0 Å². The summed E-state index contributed by atoms with van der Waals surface area (Å²) in [5, 5.41) is 11.5. The van der Waals surface area contributed by atoms with Crippen molar-refractivity contribution in [2.45, 2.75) is 51.7 Å². The van der Waals surface area contributed by atoms with Crippen LogP contribution >= 0.6 is 0 Å². The summed E-state index contributed by atoms with van der Waals surface area (Å²) in [5.74, 6) is 1.01. The Morgan fingerprint density at radius 1 is 1.25 bits per heavy atom. The lowest BCUT2D eigenvalue weighted by molar-refractivity contribution is 0.0171. The van der Waals surface area contributed by atoms with Crippen molar-refractivity contribution in [2.75, 3.05) is 24.1 Å². The number of carbonyl (C=O) groups excluding carboxylic acids is 1. The lowest BCUT2D eigenvalue weighted by Crippen LogP contribution is -2.43. The third-order valence-electron chi connectivity index (χ3n) is 6.44. The van der Waals surface area contributed by atoms with Gasteiger partial charge in [0.05, 0.1) is 11.2 Å². The van der Waals surface area contributed by atoms with Crippen LogP contribution in [0.4, 0.5) is 16.6 Å². The van der Waals surface area contributed by atoms with E-state index in [1.807, 2.05) is 49.9 Å². The molecular formula is C23H29N7O2. The molecule has 1 aliphatic heterocycles. The number of hydrogen-bond acceptors (Lipinski definition) is 7. The van der Waals surface area contributed by atoms with Crippen LogP contribution in [0.25, 0.3) is 22.2 Å². The lowest BCUT2D eigenvalue weighted by atomic mass is 9.93. The number of aromatic nitrogens is 4. The summed E-state index contributed by atoms with van der Waals surface area (Å²) in [6.07, 6.45) is 4.47. The number of ether oxygens (including phenoxy) is 1. The minimum Gasteiger partial charge on any atom is -0.444 e. The Kier molecular flexibility index (Phi) is 4.72. The number of H-pyrrole nitrogens is 1. The van der Waals surface area contributed by atoms with Gasteiger partial charge in [-0.1, -0.05) is 6.07 Å². The molecule has 9 nitrogen and oxygen atoms in total. The molecule has 32 heavy (non-hydrogen) atoms. The van der Waals surface area contributed by atoms with Crippen molar-refractivity contribution in [3.63, 3.8) is 0 Å². The summed E-state index contributed by atoms with van der Waals surface area (Å²) in [7, 11) is 0. The van der Waals surface area contributed by atoms with E-state index < -0.39 is 5.60 Å². The maximum absolute atomic E-state index is 12.4. The van der Waals surface area contributed by atoms with Gasteiger partial charge in [-0.3, -0.25) is 5.10 Å². The van der Waals surface area contributed by atoms with Gasteiger partial charge in [-0.15, -0.1) is 0 Å². The van der Waals surface area contributed by atoms with Gasteiger partial charge in [0.25, 0.3) is 0 Å². The number of piperidine rings is 1. The number of benzene rings is 1. The van der Waals surface area contributed by atoms with Crippen molar-refractivity contribution >= 4 is 28.8 Å². The largest absolute Gasteiger partial charge is 0.444 e. The molecule has 2 aliphatic rings. The highest BCUT2D eigenvalue weighted by molar-refractivity contribution is 5.92. The molecule has 1 aromatic carbocycles. The van der Waals surface area contributed by atoms with E-state index in [2.05, 4.69) is 25.5 Å². The van der Waals surface area contributed by atoms with Gasteiger partial charge in [0, 0.05) is 36.3 Å². The molecule has 168 valence electrons. The number of aromatic amines is 1. The Bertz CT molecular complexity index is 1150. The Labute approximate surface area is 186 Å². The molecule has 1 spiro atoms. The number of anilines is 2. The average Bonchev–Trinajstić information content (AvgIpc) is 3.13. The maximum atomic E-state index is 12.4. The third-order valence-corrected chi connectivity index (χ3v) is 6.44. The zero-order valence-corrected chi connectivity index (χ0v) is 18.7. The first-order valence-corrected chi connectivity index (χ1v) is 11.0. The van der Waals surface area contributed by atoms with Crippen LogP contribution in [0.1, 0.15) is 40.0 Å². The smallest absolute Gasteiger partial charge is 0.410 e. The zero-order chi connectivity index (χ0) is 22.5. The fourth-order valence-electron chi connectivity index (χ4n) is 4.57. The molecule has 0 radical (unpaired) electrons. The number of fused-ring (bicyclic) bond motifs is 1. The number of likely N-dealkylation sites (tertiary alicyclic amines) is 1. The van der Waals surface area contributed by atoms with Gasteiger partial charge < -0.3 is 20.7 Å². The molecule has 1 saturated heterocycles. The average molecular weight is 436 g/mol. The van der Waals surface area contributed by atoms with Crippen molar-refractivity contribution in [1.82, 2.24) is 25.1 Å². The van der Waals surface area contributed by atoms with Gasteiger partial charge in [0.1, 0.15) is 11.4 Å². The quantitative estimate of drug-likeness (QED) is 0.572. The Balaban J connectivity index is 1.29. The van der Waals surface area contributed by atoms with Crippen molar-refractivity contribution in [2.24, 2.45) is 5.41 Å². The summed E-state index contributed by atoms with van der Waals surface area (Å²) < 4.78 is 5.52. The molecule has 1 aliphatic carbocycles. The molecule has 3 heterocycles. The number of rotatable bonds is 3. The van der Waals surface area contributed by atoms with Crippen molar-refractivity contribution < 1.29 is 9.53 Å². The van der Waals surface area contributed by atoms with Gasteiger partial charge in [0.2, 0.25) is 5.95 Å². The Morgan fingerprint density at radius 2 is 2.03 bits per heavy atom. The third kappa shape index (κ3) is 3.94. The lowest BCUT2D eigenvalue weighted by Gasteiger charge is -2.34. The molecule has 1 amide bonds. The number of nitrogens with zero attached hydrogens (tertiary/aromatic N) is 4. The molecule has 3 aromatic rings. The summed E-state index contributed by atoms with van der Waals surface area (Å²) in [6, 6.07) is 8.28. The molecular weight excluding hydrogens is 406 g/mol. The first-order chi connectivity index (χ1) is 15.2. The first-order valence-electron chi connectivity index (χ1n) is 11.0. The van der Waals surface area contributed by atoms with E-state index in [1.54, 1.807) is 6.20 Å². The highest BCUT2D eigenvalue weighted by atomic mass is 16.6. The van der Waals surface area contributed by atoms with Gasteiger partial charge in [-0.05, 0) is 63.6 Å². The highest BCUT2D eigenvalue weighted by Gasteiger charge is 2.55. The first kappa shape index (κ1) is 20.5. The summed E-state index contributed by atoms with van der Waals surface area (Å²) in [6.45, 7) is 7.12. The highest BCUT2D eigenvalue weighted by Crippen LogP contribution is 2.55. The van der Waals surface area contributed by atoms with E-state index in [0.29, 0.717) is 19.1 Å². The maximum Gasteiger partial charge on any atom is 0.410 e. The Hall–Kier alpha value is -3.36. The van der Waals surface area contributed by atoms with Crippen molar-refractivity contribution in [3.05, 3.63) is 30.5 Å². The van der Waals surface area contributed by atoms with E-state index in [9.17, 15) is 4.79 Å². The molecule has 1 saturated carbocycles. The monoisotopic (exact) mass is 435 g/mol. The van der Waals surface area contributed by atoms with E-state index in [-0.39, 0.29) is 17.5 Å². The van der Waals surface area contributed by atoms with E-state index in [0.717, 1.165) is 47.2 Å². The van der Waals surface area contributed by atoms with Gasteiger partial charge in [0.15, 0.2) is 0 Å². The predicted octanol–water partition coefficient (Wildman–Crippen LogP) is 3.80. The van der Waals surface area contributed by atoms with Crippen LogP contribution in [0.5, 0.6) is 0 Å². The number of nitrogens with one attached hydrogen (secondary N) is 2. The van der Waals surface area contributed by atoms with E-state index >= 15 is 0 Å². The second-order valence-corrected chi connectivity index (χ2v) is 9.86. The molecule has 0 bridgehead atoms. The SMILES string of the molecule is CC(C)(C)OC(=O)N1CCC2(CC1)C[C@H]2Nc1nc(N)nc2cc(-c3ccn[nH]3)ccc12. The fourth-order valence-corrected chi connectivity index (χ4v) is 4.57. The number of nitrogen functional groups attached to an aromatic ring is 1. The fraction of sp³-hybridized carbons (Fsp3) is 0.478.